The molecule has 3 aromatic carbocycles. The average Bonchev–Trinajstić information content (AvgIpc) is 3.36. The van der Waals surface area contributed by atoms with Crippen molar-refractivity contribution in [2.24, 2.45) is 5.73 Å². The summed E-state index contributed by atoms with van der Waals surface area (Å²) in [6.07, 6.45) is 0. The number of hydrogen-bond donors (Lipinski definition) is 1. The molecule has 210 valence electrons. The van der Waals surface area contributed by atoms with Gasteiger partial charge in [-0.25, -0.2) is 0 Å². The van der Waals surface area contributed by atoms with Crippen molar-refractivity contribution in [2.45, 2.75) is 13.5 Å². The lowest BCUT2D eigenvalue weighted by Crippen LogP contribution is -2.46. The number of piperazine rings is 1. The Morgan fingerprint density at radius 1 is 0.875 bits per heavy atom. The molecule has 0 amide bonds. The van der Waals surface area contributed by atoms with Crippen LogP contribution >= 0.6 is 0 Å². The minimum atomic E-state index is 0.494. The number of rotatable bonds is 8. The van der Waals surface area contributed by atoms with Gasteiger partial charge in [0.25, 0.3) is 0 Å². The lowest BCUT2D eigenvalue weighted by molar-refractivity contribution is -0.0980. The molecule has 1 aliphatic heterocycles. The van der Waals surface area contributed by atoms with Gasteiger partial charge in [-0.3, -0.25) is 0 Å². The van der Waals surface area contributed by atoms with Crippen LogP contribution in [0.15, 0.2) is 72.8 Å². The van der Waals surface area contributed by atoms with Crippen molar-refractivity contribution in [3.05, 3.63) is 78.4 Å². The number of methoxy groups -OCH3 is 1. The number of nitrogens with two attached hydrogens (primary N) is 1. The van der Waals surface area contributed by atoms with Crippen LogP contribution in [0.4, 0.5) is 11.4 Å². The van der Waals surface area contributed by atoms with Crippen molar-refractivity contribution < 1.29 is 14.3 Å². The van der Waals surface area contributed by atoms with Gasteiger partial charge in [-0.1, -0.05) is 30.3 Å². The molecule has 0 atom stereocenters. The van der Waals surface area contributed by atoms with E-state index in [4.69, 9.17) is 14.3 Å². The highest BCUT2D eigenvalue weighted by Gasteiger charge is 2.20. The molecule has 1 aliphatic rings. The number of hydrogen-bond acceptors (Lipinski definition) is 7. The molecule has 0 spiro atoms. The number of para-hydroxylation sites is 1. The van der Waals surface area contributed by atoms with Crippen molar-refractivity contribution in [1.82, 2.24) is 4.57 Å². The minimum Gasteiger partial charge on any atom is -0.491 e. The fourth-order valence-electron chi connectivity index (χ4n) is 5.10. The smallest absolute Gasteiger partial charge is 0.121 e. The number of aromatic nitrogens is 1. The van der Waals surface area contributed by atoms with Crippen LogP contribution in [0.25, 0.3) is 22.2 Å². The van der Waals surface area contributed by atoms with Crippen LogP contribution in [-0.2, 0) is 16.1 Å². The summed E-state index contributed by atoms with van der Waals surface area (Å²) in [6, 6.07) is 27.7. The topological polar surface area (TPSA) is 96.8 Å². The van der Waals surface area contributed by atoms with Crippen LogP contribution in [0.1, 0.15) is 12.5 Å². The SMILES string of the molecule is C=O.CCn1c(-c2ccc(N3CCN(c4ccccc4)CC3)cc2)c(C#N)c2ccc(OCCOC)cc21.CN. The third-order valence-corrected chi connectivity index (χ3v) is 6.93. The van der Waals surface area contributed by atoms with Crippen LogP contribution in [0, 0.1) is 11.3 Å². The molecule has 4 aromatic rings. The van der Waals surface area contributed by atoms with Gasteiger partial charge in [0.05, 0.1) is 23.4 Å². The lowest BCUT2D eigenvalue weighted by atomic mass is 10.1. The van der Waals surface area contributed by atoms with Gasteiger partial charge < -0.3 is 34.4 Å². The average molecular weight is 542 g/mol. The summed E-state index contributed by atoms with van der Waals surface area (Å²) in [5, 5.41) is 11.0. The van der Waals surface area contributed by atoms with Gasteiger partial charge in [-0.2, -0.15) is 5.26 Å². The highest BCUT2D eigenvalue weighted by molar-refractivity contribution is 5.95. The Labute approximate surface area is 237 Å². The third kappa shape index (κ3) is 6.63. The van der Waals surface area contributed by atoms with Gasteiger partial charge in [0.2, 0.25) is 0 Å². The molecule has 0 radical (unpaired) electrons. The molecule has 8 heteroatoms. The summed E-state index contributed by atoms with van der Waals surface area (Å²) < 4.78 is 13.1. The Balaban J connectivity index is 0.00000106. The molecule has 40 heavy (non-hydrogen) atoms. The molecule has 1 saturated heterocycles. The maximum Gasteiger partial charge on any atom is 0.121 e. The number of carbonyl (C=O) groups excluding carboxylic acids is 1. The fraction of sp³-hybridized carbons (Fsp3) is 0.312. The maximum absolute atomic E-state index is 10.1. The maximum atomic E-state index is 10.1. The summed E-state index contributed by atoms with van der Waals surface area (Å²) in [4.78, 5) is 12.9. The Morgan fingerprint density at radius 2 is 1.48 bits per heavy atom. The predicted molar refractivity (Wildman–Crippen MR) is 163 cm³/mol. The second-order valence-electron chi connectivity index (χ2n) is 8.96. The predicted octanol–water partition coefficient (Wildman–Crippen LogP) is 4.94. The quantitative estimate of drug-likeness (QED) is 0.316. The van der Waals surface area contributed by atoms with Gasteiger partial charge in [-0.15, -0.1) is 0 Å². The Morgan fingerprint density at radius 3 is 2.02 bits per heavy atom. The number of ether oxygens (including phenoxy) is 2. The molecular formula is C32H39N5O3. The lowest BCUT2D eigenvalue weighted by Gasteiger charge is -2.37. The minimum absolute atomic E-state index is 0.494. The van der Waals surface area contributed by atoms with Crippen molar-refractivity contribution in [3.8, 4) is 23.1 Å². The second-order valence-corrected chi connectivity index (χ2v) is 8.96. The first kappa shape index (κ1) is 30.2. The number of benzene rings is 3. The first-order valence-corrected chi connectivity index (χ1v) is 13.4. The number of carbonyl (C=O) groups is 1. The molecule has 8 nitrogen and oxygen atoms in total. The van der Waals surface area contributed by atoms with Crippen LogP contribution in [0.3, 0.4) is 0 Å². The van der Waals surface area contributed by atoms with E-state index in [1.807, 2.05) is 25.0 Å². The van der Waals surface area contributed by atoms with E-state index in [0.29, 0.717) is 18.8 Å². The third-order valence-electron chi connectivity index (χ3n) is 6.93. The van der Waals surface area contributed by atoms with E-state index in [1.54, 1.807) is 7.11 Å². The molecule has 2 N–H and O–H groups in total. The summed E-state index contributed by atoms with van der Waals surface area (Å²) in [7, 11) is 3.16. The van der Waals surface area contributed by atoms with Crippen molar-refractivity contribution in [1.29, 1.82) is 5.26 Å². The number of nitriles is 1. The summed E-state index contributed by atoms with van der Waals surface area (Å²) in [6.45, 7) is 9.88. The normalized spacial score (nSPS) is 12.6. The highest BCUT2D eigenvalue weighted by atomic mass is 16.5. The van der Waals surface area contributed by atoms with Gasteiger partial charge >= 0.3 is 0 Å². The zero-order valence-electron chi connectivity index (χ0n) is 23.7. The standard InChI is InChI=1S/C30H32N4O2.CH5N.CH2O/c1-3-34-29-21-26(36-20-19-35-2)13-14-27(29)28(22-31)30(34)23-9-11-25(12-10-23)33-17-15-32(16-18-33)24-7-5-4-6-8-24;2*1-2/h4-14,21H,3,15-20H2,1-2H3;2H2,1H3;1H2. The number of aryl methyl sites for hydroxylation is 1. The highest BCUT2D eigenvalue weighted by Crippen LogP contribution is 2.36. The van der Waals surface area contributed by atoms with Crippen molar-refractivity contribution >= 4 is 29.1 Å². The van der Waals surface area contributed by atoms with E-state index >= 15 is 0 Å². The second kappa shape index (κ2) is 15.3. The first-order chi connectivity index (χ1) is 19.7. The van der Waals surface area contributed by atoms with Gasteiger partial charge in [0, 0.05) is 62.7 Å². The van der Waals surface area contributed by atoms with E-state index < -0.39 is 0 Å². The van der Waals surface area contributed by atoms with Crippen LogP contribution in [-0.4, -0.2) is 64.9 Å². The Hall–Kier alpha value is -4.32. The largest absolute Gasteiger partial charge is 0.491 e. The van der Waals surface area contributed by atoms with Gasteiger partial charge in [-0.05, 0) is 55.9 Å². The van der Waals surface area contributed by atoms with Crippen LogP contribution < -0.4 is 20.3 Å². The monoisotopic (exact) mass is 541 g/mol. The Bertz CT molecular complexity index is 1370. The molecule has 0 bridgehead atoms. The molecular weight excluding hydrogens is 502 g/mol. The number of nitrogens with zero attached hydrogens (tertiary/aromatic N) is 4. The van der Waals surface area contributed by atoms with E-state index in [1.165, 1.54) is 18.4 Å². The summed E-state index contributed by atoms with van der Waals surface area (Å²) in [5.74, 6) is 0.785. The van der Waals surface area contributed by atoms with Crippen molar-refractivity contribution in [2.75, 3.05) is 63.4 Å². The number of fused-ring (bicyclic) bond motifs is 1. The molecule has 0 saturated carbocycles. The van der Waals surface area contributed by atoms with Gasteiger partial charge in [0.15, 0.2) is 0 Å². The summed E-state index contributed by atoms with van der Waals surface area (Å²) in [5.41, 5.74) is 10.7. The zero-order valence-corrected chi connectivity index (χ0v) is 23.7. The molecule has 0 unspecified atom stereocenters. The summed E-state index contributed by atoms with van der Waals surface area (Å²) >= 11 is 0. The van der Waals surface area contributed by atoms with E-state index in [2.05, 4.69) is 87.7 Å². The van der Waals surface area contributed by atoms with E-state index in [9.17, 15) is 5.26 Å². The van der Waals surface area contributed by atoms with Crippen LogP contribution in [0.2, 0.25) is 0 Å². The fourth-order valence-corrected chi connectivity index (χ4v) is 5.10. The molecule has 0 aliphatic carbocycles. The molecule has 2 heterocycles. The molecule has 1 fully saturated rings. The molecule has 1 aromatic heterocycles. The van der Waals surface area contributed by atoms with E-state index in [-0.39, 0.29) is 0 Å². The first-order valence-electron chi connectivity index (χ1n) is 13.4. The zero-order chi connectivity index (χ0) is 28.9. The Kier molecular flexibility index (Phi) is 11.6. The molecule has 5 rings (SSSR count). The number of anilines is 2. The van der Waals surface area contributed by atoms with Crippen LogP contribution in [0.5, 0.6) is 5.75 Å². The van der Waals surface area contributed by atoms with Gasteiger partial charge in [0.1, 0.15) is 25.2 Å². The van der Waals surface area contributed by atoms with Crippen molar-refractivity contribution in [3.63, 3.8) is 0 Å². The van der Waals surface area contributed by atoms with E-state index in [0.717, 1.165) is 60.6 Å².